The van der Waals surface area contributed by atoms with Crippen LogP contribution in [0.25, 0.3) is 34.4 Å². The number of hydrogen-bond donors (Lipinski definition) is 1. The molecule has 67 heavy (non-hydrogen) atoms. The molecule has 2 nitrogen and oxygen atoms in total. The minimum absolute atomic E-state index is 0.0645. The third kappa shape index (κ3) is 8.20. The Morgan fingerprint density at radius 2 is 1.06 bits per heavy atom. The van der Waals surface area contributed by atoms with Crippen molar-refractivity contribution in [1.29, 1.82) is 0 Å². The molecule has 336 valence electrons. The summed E-state index contributed by atoms with van der Waals surface area (Å²) in [6.45, 7) is 11.0. The lowest BCUT2D eigenvalue weighted by molar-refractivity contribution is 0.550. The van der Waals surface area contributed by atoms with E-state index in [0.29, 0.717) is 0 Å². The first-order valence-electron chi connectivity index (χ1n) is 25.3. The molecule has 1 fully saturated rings. The summed E-state index contributed by atoms with van der Waals surface area (Å²) in [5.41, 5.74) is 24.1. The Morgan fingerprint density at radius 1 is 0.537 bits per heavy atom. The Hall–Kier alpha value is -6.64. The van der Waals surface area contributed by atoms with Crippen LogP contribution >= 0.6 is 0 Å². The molecular weight excluding hydrogens is 809 g/mol. The number of para-hydroxylation sites is 3. The van der Waals surface area contributed by atoms with Crippen molar-refractivity contribution in [2.24, 2.45) is 0 Å². The van der Waals surface area contributed by atoms with Crippen LogP contribution in [0.2, 0.25) is 0 Å². The average Bonchev–Trinajstić information content (AvgIpc) is 4.02. The standard InChI is InChI=1S/C55H48N2.C8H12.C2H6/c1-4-38-13-5-8-16-51(38)56-41-23-27-44-43-25-21-36(31-47(43)54(2,3)48(44)34-41)19-20-37-22-26-45-46-28-24-42(35-50(46)55(49(45)32-37)29-11-12-30-55)57-52-17-9-6-14-39(52)33-40-15-7-10-18-53(40)57;1-2-4-6-8-7-5-3-1;1-2/h5-10,13-28,31-32,34-35,56H,4,11-12,29-30,33H2,1-3H3;1-4H,5-8H2;1-2H3/b20-19+;3-1-,4-2-;. The van der Waals surface area contributed by atoms with Crippen LogP contribution in [0.15, 0.2) is 170 Å². The summed E-state index contributed by atoms with van der Waals surface area (Å²) in [7, 11) is 0. The number of nitrogens with zero attached hydrogens (tertiary/aromatic N) is 1. The average molecular weight is 875 g/mol. The summed E-state index contributed by atoms with van der Waals surface area (Å²) < 4.78 is 0. The van der Waals surface area contributed by atoms with Crippen LogP contribution in [-0.4, -0.2) is 0 Å². The van der Waals surface area contributed by atoms with Gasteiger partial charge in [0.25, 0.3) is 0 Å². The molecule has 0 bridgehead atoms. The molecule has 4 aliphatic carbocycles. The second-order valence-corrected chi connectivity index (χ2v) is 19.4. The molecule has 1 N–H and O–H groups in total. The molecule has 1 heterocycles. The lowest BCUT2D eigenvalue weighted by Gasteiger charge is -2.34. The highest BCUT2D eigenvalue weighted by atomic mass is 15.2. The Labute approximate surface area is 400 Å². The molecule has 1 saturated carbocycles. The van der Waals surface area contributed by atoms with Gasteiger partial charge in [-0.3, -0.25) is 0 Å². The Bertz CT molecular complexity index is 2960. The lowest BCUT2D eigenvalue weighted by atomic mass is 9.76. The van der Waals surface area contributed by atoms with Crippen LogP contribution in [0.5, 0.6) is 0 Å². The number of nitrogens with one attached hydrogen (secondary N) is 1. The van der Waals surface area contributed by atoms with Gasteiger partial charge in [0.15, 0.2) is 0 Å². The third-order valence-corrected chi connectivity index (χ3v) is 15.1. The number of rotatable bonds is 6. The quantitative estimate of drug-likeness (QED) is 0.167. The third-order valence-electron chi connectivity index (χ3n) is 15.1. The van der Waals surface area contributed by atoms with Gasteiger partial charge in [0, 0.05) is 45.7 Å². The van der Waals surface area contributed by atoms with Gasteiger partial charge in [-0.2, -0.15) is 0 Å². The van der Waals surface area contributed by atoms with E-state index in [1.807, 2.05) is 13.8 Å². The maximum atomic E-state index is 3.72. The molecular formula is C65H66N2. The maximum Gasteiger partial charge on any atom is 0.0497 e. The van der Waals surface area contributed by atoms with E-state index in [-0.39, 0.29) is 10.8 Å². The van der Waals surface area contributed by atoms with Crippen LogP contribution in [0, 0.1) is 0 Å². The zero-order chi connectivity index (χ0) is 46.0. The number of hydrogen-bond acceptors (Lipinski definition) is 2. The van der Waals surface area contributed by atoms with E-state index in [2.05, 4.69) is 213 Å². The maximum absolute atomic E-state index is 3.72. The van der Waals surface area contributed by atoms with Crippen LogP contribution < -0.4 is 10.2 Å². The van der Waals surface area contributed by atoms with Gasteiger partial charge < -0.3 is 10.2 Å². The van der Waals surface area contributed by atoms with E-state index >= 15 is 0 Å². The molecule has 12 rings (SSSR count). The highest BCUT2D eigenvalue weighted by Gasteiger charge is 2.45. The van der Waals surface area contributed by atoms with Gasteiger partial charge in [0.2, 0.25) is 0 Å². The molecule has 1 aliphatic heterocycles. The summed E-state index contributed by atoms with van der Waals surface area (Å²) in [4.78, 5) is 2.51. The largest absolute Gasteiger partial charge is 0.355 e. The van der Waals surface area contributed by atoms with Crippen molar-refractivity contribution in [3.63, 3.8) is 0 Å². The van der Waals surface area contributed by atoms with Crippen molar-refractivity contribution in [2.75, 3.05) is 10.2 Å². The topological polar surface area (TPSA) is 15.3 Å². The van der Waals surface area contributed by atoms with E-state index in [9.17, 15) is 0 Å². The monoisotopic (exact) mass is 875 g/mol. The summed E-state index contributed by atoms with van der Waals surface area (Å²) in [5.74, 6) is 0. The molecule has 0 aromatic heterocycles. The van der Waals surface area contributed by atoms with Crippen LogP contribution in [0.4, 0.5) is 28.4 Å². The first-order chi connectivity index (χ1) is 32.9. The minimum Gasteiger partial charge on any atom is -0.355 e. The molecule has 7 aromatic carbocycles. The summed E-state index contributed by atoms with van der Waals surface area (Å²) in [5, 5.41) is 3.72. The fourth-order valence-electron chi connectivity index (χ4n) is 11.7. The summed E-state index contributed by atoms with van der Waals surface area (Å²) in [6, 6.07) is 55.1. The SMILES string of the molecule is C1=C\CCCC\C=C/1.CC.CCc1ccccc1Nc1ccc2c(c1)C(C)(C)c1cc(/C=C/c3ccc4c(c3)C3(CCCC3)c3cc(N5c6ccccc6Cc6ccccc65)ccc3-4)ccc1-2. The molecule has 0 amide bonds. The second-order valence-electron chi connectivity index (χ2n) is 19.4. The molecule has 7 aromatic rings. The number of aryl methyl sites for hydroxylation is 1. The van der Waals surface area contributed by atoms with Crippen LogP contribution in [0.1, 0.15) is 136 Å². The van der Waals surface area contributed by atoms with E-state index in [0.717, 1.165) is 18.5 Å². The predicted molar refractivity (Wildman–Crippen MR) is 289 cm³/mol. The fourth-order valence-corrected chi connectivity index (χ4v) is 11.7. The zero-order valence-electron chi connectivity index (χ0n) is 40.3. The molecule has 0 radical (unpaired) electrons. The normalized spacial score (nSPS) is 17.2. The van der Waals surface area contributed by atoms with Crippen molar-refractivity contribution < 1.29 is 0 Å². The van der Waals surface area contributed by atoms with Crippen molar-refractivity contribution in [2.45, 2.75) is 110 Å². The zero-order valence-corrected chi connectivity index (χ0v) is 40.3. The lowest BCUT2D eigenvalue weighted by Crippen LogP contribution is -2.22. The Kier molecular flexibility index (Phi) is 12.5. The van der Waals surface area contributed by atoms with Gasteiger partial charge in [-0.25, -0.2) is 0 Å². The number of fused-ring (bicyclic) bond motifs is 10. The molecule has 0 atom stereocenters. The molecule has 0 unspecified atom stereocenters. The fraction of sp³-hybridized carbons (Fsp3) is 0.262. The second kappa shape index (κ2) is 18.9. The van der Waals surface area contributed by atoms with Gasteiger partial charge >= 0.3 is 0 Å². The number of anilines is 5. The van der Waals surface area contributed by atoms with E-state index in [1.54, 1.807) is 0 Å². The number of allylic oxidation sites excluding steroid dienone is 4. The van der Waals surface area contributed by atoms with Crippen LogP contribution in [0.3, 0.4) is 0 Å². The van der Waals surface area contributed by atoms with E-state index in [4.69, 9.17) is 0 Å². The highest BCUT2D eigenvalue weighted by molar-refractivity contribution is 5.90. The van der Waals surface area contributed by atoms with Crippen LogP contribution in [-0.2, 0) is 23.7 Å². The van der Waals surface area contributed by atoms with Gasteiger partial charge in [0.05, 0.1) is 0 Å². The molecule has 0 saturated heterocycles. The van der Waals surface area contributed by atoms with Gasteiger partial charge in [0.1, 0.15) is 0 Å². The number of benzene rings is 7. The highest BCUT2D eigenvalue weighted by Crippen LogP contribution is 2.58. The van der Waals surface area contributed by atoms with Gasteiger partial charge in [-0.05, 0) is 160 Å². The minimum atomic E-state index is -0.0953. The Morgan fingerprint density at radius 3 is 1.70 bits per heavy atom. The Balaban J connectivity index is 0.000000473. The van der Waals surface area contributed by atoms with Crippen molar-refractivity contribution in [1.82, 2.24) is 0 Å². The molecule has 2 heteroatoms. The molecule has 5 aliphatic rings. The summed E-state index contributed by atoms with van der Waals surface area (Å²) in [6.07, 6.45) is 25.6. The predicted octanol–water partition coefficient (Wildman–Crippen LogP) is 18.4. The smallest absolute Gasteiger partial charge is 0.0497 e. The van der Waals surface area contributed by atoms with Crippen molar-refractivity contribution in [3.05, 3.63) is 220 Å². The molecule has 1 spiro atoms. The van der Waals surface area contributed by atoms with Gasteiger partial charge in [-0.1, -0.05) is 187 Å². The van der Waals surface area contributed by atoms with Crippen molar-refractivity contribution in [3.8, 4) is 22.3 Å². The van der Waals surface area contributed by atoms with Gasteiger partial charge in [-0.15, -0.1) is 0 Å². The van der Waals surface area contributed by atoms with E-state index < -0.39 is 0 Å². The first-order valence-corrected chi connectivity index (χ1v) is 25.3. The van der Waals surface area contributed by atoms with E-state index in [1.165, 1.54) is 146 Å². The summed E-state index contributed by atoms with van der Waals surface area (Å²) >= 11 is 0. The van der Waals surface area contributed by atoms with Crippen molar-refractivity contribution >= 4 is 40.6 Å². The first kappa shape index (κ1) is 44.2.